The van der Waals surface area contributed by atoms with Gasteiger partial charge in [-0.2, -0.15) is 5.10 Å². The highest BCUT2D eigenvalue weighted by Crippen LogP contribution is 2.40. The molecule has 5 aromatic heterocycles. The standard InChI is InChI=1S/C22H20ClN9O/c1-13-5-8-30(20-16-19(26-11-25-16)27-12-28-20)17(13)21-29-32-9-6-15(23)18(32)22(33)31(21)10-14-4-2-3-7-24-14/h2-4,6-7,9,11-13,17H,5,8,10H2,1H3,(H,25,26,27,28)/t13-,17-/m0/s1. The summed E-state index contributed by atoms with van der Waals surface area (Å²) in [5.41, 5.74) is 2.28. The molecule has 0 spiro atoms. The molecule has 1 aliphatic heterocycles. The largest absolute Gasteiger partial charge is 0.344 e. The van der Waals surface area contributed by atoms with Gasteiger partial charge in [0.1, 0.15) is 17.4 Å². The minimum Gasteiger partial charge on any atom is -0.344 e. The highest BCUT2D eigenvalue weighted by atomic mass is 35.5. The SMILES string of the molecule is C[C@H]1CCN(c2ncnc3[nH]cnc23)[C@@H]1c1nn2ccc(Cl)c2c(=O)n1Cc1ccccn1. The summed E-state index contributed by atoms with van der Waals surface area (Å²) in [5.74, 6) is 1.58. The monoisotopic (exact) mass is 461 g/mol. The van der Waals surface area contributed by atoms with Crippen LogP contribution in [-0.4, -0.2) is 45.6 Å². The van der Waals surface area contributed by atoms with Gasteiger partial charge in [-0.1, -0.05) is 24.6 Å². The molecule has 2 atom stereocenters. The van der Waals surface area contributed by atoms with E-state index in [2.05, 4.69) is 36.7 Å². The second-order valence-electron chi connectivity index (χ2n) is 8.23. The van der Waals surface area contributed by atoms with Crippen LogP contribution in [0.2, 0.25) is 5.02 Å². The smallest absolute Gasteiger partial charge is 0.279 e. The van der Waals surface area contributed by atoms with Crippen molar-refractivity contribution in [2.45, 2.75) is 25.9 Å². The van der Waals surface area contributed by atoms with Crippen LogP contribution in [0.5, 0.6) is 0 Å². The van der Waals surface area contributed by atoms with Crippen LogP contribution in [0, 0.1) is 5.92 Å². The molecule has 0 amide bonds. The molecule has 6 rings (SSSR count). The number of H-pyrrole nitrogens is 1. The van der Waals surface area contributed by atoms with Gasteiger partial charge in [0.05, 0.1) is 29.6 Å². The summed E-state index contributed by atoms with van der Waals surface area (Å²) in [6, 6.07) is 7.15. The maximum Gasteiger partial charge on any atom is 0.279 e. The average molecular weight is 462 g/mol. The molecular weight excluding hydrogens is 442 g/mol. The number of aromatic nitrogens is 8. The first-order chi connectivity index (χ1) is 16.1. The van der Waals surface area contributed by atoms with Crippen LogP contribution >= 0.6 is 11.6 Å². The van der Waals surface area contributed by atoms with Crippen LogP contribution in [-0.2, 0) is 6.54 Å². The molecule has 1 N–H and O–H groups in total. The van der Waals surface area contributed by atoms with E-state index in [1.165, 1.54) is 6.33 Å². The van der Waals surface area contributed by atoms with Crippen molar-refractivity contribution < 1.29 is 0 Å². The summed E-state index contributed by atoms with van der Waals surface area (Å²) in [6.07, 6.45) is 7.49. The molecule has 0 unspecified atom stereocenters. The summed E-state index contributed by atoms with van der Waals surface area (Å²) in [5, 5.41) is 5.26. The molecule has 0 aromatic carbocycles. The van der Waals surface area contributed by atoms with E-state index < -0.39 is 0 Å². The van der Waals surface area contributed by atoms with E-state index in [0.29, 0.717) is 34.1 Å². The van der Waals surface area contributed by atoms with Crippen molar-refractivity contribution >= 4 is 34.1 Å². The van der Waals surface area contributed by atoms with Gasteiger partial charge in [0.25, 0.3) is 5.56 Å². The molecule has 33 heavy (non-hydrogen) atoms. The summed E-state index contributed by atoms with van der Waals surface area (Å²) in [4.78, 5) is 36.5. The third-order valence-corrected chi connectivity index (χ3v) is 6.54. The molecule has 1 fully saturated rings. The third kappa shape index (κ3) is 3.17. The number of fused-ring (bicyclic) bond motifs is 2. The Labute approximate surface area is 192 Å². The van der Waals surface area contributed by atoms with Gasteiger partial charge in [-0.15, -0.1) is 0 Å². The summed E-state index contributed by atoms with van der Waals surface area (Å²) >= 11 is 6.34. The lowest BCUT2D eigenvalue weighted by Crippen LogP contribution is -2.36. The van der Waals surface area contributed by atoms with Gasteiger partial charge in [-0.3, -0.25) is 14.3 Å². The van der Waals surface area contributed by atoms with Crippen LogP contribution < -0.4 is 10.5 Å². The van der Waals surface area contributed by atoms with E-state index in [4.69, 9.17) is 16.7 Å². The van der Waals surface area contributed by atoms with E-state index in [-0.39, 0.29) is 17.5 Å². The summed E-state index contributed by atoms with van der Waals surface area (Å²) in [6.45, 7) is 3.21. The number of nitrogens with zero attached hydrogens (tertiary/aromatic N) is 8. The fourth-order valence-corrected chi connectivity index (χ4v) is 4.87. The van der Waals surface area contributed by atoms with Gasteiger partial charge in [-0.05, 0) is 30.5 Å². The lowest BCUT2D eigenvalue weighted by atomic mass is 10.0. The van der Waals surface area contributed by atoms with Crippen LogP contribution in [0.3, 0.4) is 0 Å². The zero-order chi connectivity index (χ0) is 22.5. The van der Waals surface area contributed by atoms with E-state index in [1.54, 1.807) is 33.9 Å². The first kappa shape index (κ1) is 19.9. The second kappa shape index (κ2) is 7.66. The minimum absolute atomic E-state index is 0.193. The Morgan fingerprint density at radius 1 is 1.18 bits per heavy atom. The predicted molar refractivity (Wildman–Crippen MR) is 123 cm³/mol. The minimum atomic E-state index is -0.202. The van der Waals surface area contributed by atoms with Crippen LogP contribution in [0.1, 0.15) is 30.9 Å². The first-order valence-electron chi connectivity index (χ1n) is 10.7. The number of pyridine rings is 1. The number of halogens is 1. The average Bonchev–Trinajstić information content (AvgIpc) is 3.55. The predicted octanol–water partition coefficient (Wildman–Crippen LogP) is 2.85. The Morgan fingerprint density at radius 3 is 2.94 bits per heavy atom. The van der Waals surface area contributed by atoms with E-state index >= 15 is 0 Å². The Morgan fingerprint density at radius 2 is 2.09 bits per heavy atom. The Bertz CT molecular complexity index is 1520. The highest BCUT2D eigenvalue weighted by molar-refractivity contribution is 6.33. The van der Waals surface area contributed by atoms with Gasteiger partial charge in [-0.25, -0.2) is 19.5 Å². The van der Waals surface area contributed by atoms with Crippen molar-refractivity contribution in [3.8, 4) is 0 Å². The van der Waals surface area contributed by atoms with E-state index in [1.807, 2.05) is 18.2 Å². The lowest BCUT2D eigenvalue weighted by molar-refractivity contribution is 0.464. The third-order valence-electron chi connectivity index (χ3n) is 6.23. The molecular formula is C22H20ClN9O. The number of aromatic amines is 1. The van der Waals surface area contributed by atoms with Gasteiger partial charge < -0.3 is 9.88 Å². The van der Waals surface area contributed by atoms with Crippen molar-refractivity contribution in [2.75, 3.05) is 11.4 Å². The first-order valence-corrected chi connectivity index (χ1v) is 11.1. The van der Waals surface area contributed by atoms with E-state index in [0.717, 1.165) is 24.5 Å². The Balaban J connectivity index is 1.56. The molecule has 0 saturated carbocycles. The molecule has 5 aromatic rings. The zero-order valence-electron chi connectivity index (χ0n) is 17.8. The molecule has 6 heterocycles. The number of rotatable bonds is 4. The topological polar surface area (TPSA) is 110 Å². The van der Waals surface area contributed by atoms with Crippen LogP contribution in [0.25, 0.3) is 16.7 Å². The maximum atomic E-state index is 13.6. The van der Waals surface area contributed by atoms with Gasteiger partial charge in [0.15, 0.2) is 17.3 Å². The molecule has 0 radical (unpaired) electrons. The summed E-state index contributed by atoms with van der Waals surface area (Å²) in [7, 11) is 0. The normalized spacial score (nSPS) is 18.5. The Kier molecular flexibility index (Phi) is 4.61. The molecule has 0 bridgehead atoms. The Hall–Kier alpha value is -3.79. The molecule has 1 saturated heterocycles. The fourth-order valence-electron chi connectivity index (χ4n) is 4.64. The lowest BCUT2D eigenvalue weighted by Gasteiger charge is -2.29. The van der Waals surface area contributed by atoms with Crippen molar-refractivity contribution in [3.63, 3.8) is 0 Å². The molecule has 10 nitrogen and oxygen atoms in total. The second-order valence-corrected chi connectivity index (χ2v) is 8.64. The molecule has 0 aliphatic carbocycles. The fraction of sp³-hybridized carbons (Fsp3) is 0.273. The van der Waals surface area contributed by atoms with Crippen molar-refractivity contribution in [2.24, 2.45) is 5.92 Å². The molecule has 11 heteroatoms. The number of hydrogen-bond donors (Lipinski definition) is 1. The van der Waals surface area contributed by atoms with Crippen molar-refractivity contribution in [1.82, 2.24) is 39.1 Å². The van der Waals surface area contributed by atoms with Gasteiger partial charge in [0, 0.05) is 18.9 Å². The maximum absolute atomic E-state index is 13.6. The zero-order valence-corrected chi connectivity index (χ0v) is 18.5. The highest BCUT2D eigenvalue weighted by Gasteiger charge is 2.38. The number of anilines is 1. The number of hydrogen-bond acceptors (Lipinski definition) is 7. The van der Waals surface area contributed by atoms with Crippen molar-refractivity contribution in [1.29, 1.82) is 0 Å². The molecule has 166 valence electrons. The number of nitrogens with one attached hydrogen (secondary N) is 1. The van der Waals surface area contributed by atoms with E-state index in [9.17, 15) is 4.79 Å². The van der Waals surface area contributed by atoms with Crippen LogP contribution in [0.15, 0.2) is 54.1 Å². The van der Waals surface area contributed by atoms with Crippen molar-refractivity contribution in [3.05, 3.63) is 76.2 Å². The molecule has 1 aliphatic rings. The number of imidazole rings is 1. The summed E-state index contributed by atoms with van der Waals surface area (Å²) < 4.78 is 3.26. The van der Waals surface area contributed by atoms with Crippen LogP contribution in [0.4, 0.5) is 5.82 Å². The quantitative estimate of drug-likeness (QED) is 0.438. The van der Waals surface area contributed by atoms with Gasteiger partial charge >= 0.3 is 0 Å². The van der Waals surface area contributed by atoms with Gasteiger partial charge in [0.2, 0.25) is 0 Å².